The maximum atomic E-state index is 12.4. The van der Waals surface area contributed by atoms with Crippen molar-refractivity contribution in [1.82, 2.24) is 4.90 Å². The molecular weight excluding hydrogens is 224 g/mol. The van der Waals surface area contributed by atoms with Gasteiger partial charge >= 0.3 is 0 Å². The number of likely N-dealkylation sites (tertiary alicyclic amines) is 1. The highest BCUT2D eigenvalue weighted by Crippen LogP contribution is 2.33. The molecule has 1 aliphatic heterocycles. The Morgan fingerprint density at radius 1 is 1.11 bits per heavy atom. The molecule has 0 spiro atoms. The third-order valence-electron chi connectivity index (χ3n) is 4.65. The second kappa shape index (κ2) is 6.16. The number of piperidine rings is 1. The van der Waals surface area contributed by atoms with E-state index in [4.69, 9.17) is 5.73 Å². The topological polar surface area (TPSA) is 46.3 Å². The molecule has 3 heteroatoms. The first-order valence-corrected chi connectivity index (χ1v) is 7.55. The van der Waals surface area contributed by atoms with Crippen molar-refractivity contribution in [2.45, 2.75) is 52.0 Å². The molecule has 104 valence electrons. The largest absolute Gasteiger partial charge is 0.328 e. The molecule has 1 saturated carbocycles. The summed E-state index contributed by atoms with van der Waals surface area (Å²) in [4.78, 5) is 14.7. The van der Waals surface area contributed by atoms with E-state index in [1.807, 2.05) is 0 Å². The molecule has 0 bridgehead atoms. The third kappa shape index (κ3) is 3.79. The fourth-order valence-corrected chi connectivity index (χ4v) is 3.67. The zero-order valence-corrected chi connectivity index (χ0v) is 11.9. The van der Waals surface area contributed by atoms with Gasteiger partial charge in [0.25, 0.3) is 0 Å². The van der Waals surface area contributed by atoms with Crippen LogP contribution < -0.4 is 5.73 Å². The number of hydrogen-bond acceptors (Lipinski definition) is 3. The SMILES string of the molecule is CC1CC(C)CC(C(=O)CN2CCC(N)CC2)C1. The number of carbonyl (C=O) groups excluding carboxylic acids is 1. The highest BCUT2D eigenvalue weighted by atomic mass is 16.1. The number of nitrogens with two attached hydrogens (primary N) is 1. The molecule has 0 aromatic rings. The standard InChI is InChI=1S/C15H28N2O/c1-11-7-12(2)9-13(8-11)15(18)10-17-5-3-14(16)4-6-17/h11-14H,3-10,16H2,1-2H3. The molecule has 1 heterocycles. The molecule has 3 nitrogen and oxygen atoms in total. The van der Waals surface area contributed by atoms with Crippen LogP contribution in [-0.4, -0.2) is 36.4 Å². The van der Waals surface area contributed by atoms with Gasteiger partial charge in [0, 0.05) is 25.0 Å². The maximum absolute atomic E-state index is 12.4. The Hall–Kier alpha value is -0.410. The van der Waals surface area contributed by atoms with Gasteiger partial charge in [-0.2, -0.15) is 0 Å². The number of carbonyl (C=O) groups is 1. The van der Waals surface area contributed by atoms with Crippen LogP contribution in [0.4, 0.5) is 0 Å². The molecule has 0 aromatic heterocycles. The van der Waals surface area contributed by atoms with Gasteiger partial charge in [0.1, 0.15) is 5.78 Å². The summed E-state index contributed by atoms with van der Waals surface area (Å²) >= 11 is 0. The second-order valence-electron chi connectivity index (χ2n) is 6.69. The molecule has 2 atom stereocenters. The first-order valence-electron chi connectivity index (χ1n) is 7.55. The Balaban J connectivity index is 1.80. The van der Waals surface area contributed by atoms with E-state index in [1.54, 1.807) is 0 Å². The number of ketones is 1. The van der Waals surface area contributed by atoms with Gasteiger partial charge in [0.15, 0.2) is 0 Å². The summed E-state index contributed by atoms with van der Waals surface area (Å²) in [7, 11) is 0. The van der Waals surface area contributed by atoms with Crippen LogP contribution in [0.25, 0.3) is 0 Å². The Labute approximate surface area is 111 Å². The summed E-state index contributed by atoms with van der Waals surface area (Å²) in [6, 6.07) is 0.353. The van der Waals surface area contributed by atoms with Crippen LogP contribution in [0.3, 0.4) is 0 Å². The van der Waals surface area contributed by atoms with Gasteiger partial charge in [-0.3, -0.25) is 9.69 Å². The Morgan fingerprint density at radius 2 is 1.67 bits per heavy atom. The van der Waals surface area contributed by atoms with Crippen LogP contribution in [0.5, 0.6) is 0 Å². The molecule has 1 aliphatic carbocycles. The van der Waals surface area contributed by atoms with Crippen molar-refractivity contribution in [2.24, 2.45) is 23.5 Å². The summed E-state index contributed by atoms with van der Waals surface area (Å²) < 4.78 is 0. The summed E-state index contributed by atoms with van der Waals surface area (Å²) in [5, 5.41) is 0. The van der Waals surface area contributed by atoms with Crippen LogP contribution in [0.1, 0.15) is 46.0 Å². The van der Waals surface area contributed by atoms with Crippen molar-refractivity contribution in [3.63, 3.8) is 0 Å². The summed E-state index contributed by atoms with van der Waals surface area (Å²) in [5.74, 6) is 2.23. The average Bonchev–Trinajstić information content (AvgIpc) is 2.31. The Kier molecular flexibility index (Phi) is 4.79. The summed E-state index contributed by atoms with van der Waals surface area (Å²) in [6.45, 7) is 7.25. The molecule has 2 unspecified atom stereocenters. The van der Waals surface area contributed by atoms with Crippen LogP contribution in [0.15, 0.2) is 0 Å². The lowest BCUT2D eigenvalue weighted by molar-refractivity contribution is -0.126. The van der Waals surface area contributed by atoms with E-state index in [1.165, 1.54) is 6.42 Å². The van der Waals surface area contributed by atoms with Crippen LogP contribution in [0, 0.1) is 17.8 Å². The minimum atomic E-state index is 0.319. The van der Waals surface area contributed by atoms with Gasteiger partial charge in [0.2, 0.25) is 0 Å². The minimum absolute atomic E-state index is 0.319. The molecule has 2 N–H and O–H groups in total. The van der Waals surface area contributed by atoms with E-state index in [-0.39, 0.29) is 0 Å². The highest BCUT2D eigenvalue weighted by Gasteiger charge is 2.30. The highest BCUT2D eigenvalue weighted by molar-refractivity contribution is 5.83. The molecule has 0 radical (unpaired) electrons. The molecule has 1 saturated heterocycles. The van der Waals surface area contributed by atoms with E-state index in [2.05, 4.69) is 18.7 Å². The van der Waals surface area contributed by atoms with E-state index in [0.717, 1.165) is 50.6 Å². The van der Waals surface area contributed by atoms with E-state index in [0.29, 0.717) is 24.3 Å². The number of Topliss-reactive ketones (excluding diaryl/α,β-unsaturated/α-hetero) is 1. The van der Waals surface area contributed by atoms with Crippen molar-refractivity contribution in [3.8, 4) is 0 Å². The third-order valence-corrected chi connectivity index (χ3v) is 4.65. The normalized spacial score (nSPS) is 35.6. The fraction of sp³-hybridized carbons (Fsp3) is 0.933. The lowest BCUT2D eigenvalue weighted by Gasteiger charge is -2.34. The van der Waals surface area contributed by atoms with Gasteiger partial charge < -0.3 is 5.73 Å². The predicted octanol–water partition coefficient (Wildman–Crippen LogP) is 2.05. The molecule has 2 fully saturated rings. The summed E-state index contributed by atoms with van der Waals surface area (Å²) in [6.07, 6.45) is 5.60. The van der Waals surface area contributed by atoms with Crippen molar-refractivity contribution in [2.75, 3.05) is 19.6 Å². The van der Waals surface area contributed by atoms with Gasteiger partial charge in [-0.25, -0.2) is 0 Å². The predicted molar refractivity (Wildman–Crippen MR) is 74.3 cm³/mol. The minimum Gasteiger partial charge on any atom is -0.328 e. The van der Waals surface area contributed by atoms with Gasteiger partial charge in [0.05, 0.1) is 6.54 Å². The van der Waals surface area contributed by atoms with Gasteiger partial charge in [-0.15, -0.1) is 0 Å². The number of nitrogens with zero attached hydrogens (tertiary/aromatic N) is 1. The average molecular weight is 252 g/mol. The van der Waals surface area contributed by atoms with Gasteiger partial charge in [-0.1, -0.05) is 13.8 Å². The first kappa shape index (κ1) is 14.0. The summed E-state index contributed by atoms with van der Waals surface area (Å²) in [5.41, 5.74) is 5.90. The number of rotatable bonds is 3. The molecular formula is C15H28N2O. The zero-order chi connectivity index (χ0) is 13.1. The van der Waals surface area contributed by atoms with Crippen molar-refractivity contribution in [3.05, 3.63) is 0 Å². The lowest BCUT2D eigenvalue weighted by Crippen LogP contribution is -2.43. The first-order chi connectivity index (χ1) is 8.54. The maximum Gasteiger partial charge on any atom is 0.149 e. The molecule has 2 aliphatic rings. The monoisotopic (exact) mass is 252 g/mol. The number of hydrogen-bond donors (Lipinski definition) is 1. The zero-order valence-electron chi connectivity index (χ0n) is 11.9. The smallest absolute Gasteiger partial charge is 0.149 e. The Bertz CT molecular complexity index is 274. The van der Waals surface area contributed by atoms with Crippen molar-refractivity contribution >= 4 is 5.78 Å². The molecule has 0 aromatic carbocycles. The molecule has 2 rings (SSSR count). The van der Waals surface area contributed by atoms with Crippen LogP contribution >= 0.6 is 0 Å². The second-order valence-corrected chi connectivity index (χ2v) is 6.69. The van der Waals surface area contributed by atoms with Crippen molar-refractivity contribution < 1.29 is 4.79 Å². The van der Waals surface area contributed by atoms with E-state index in [9.17, 15) is 4.79 Å². The Morgan fingerprint density at radius 3 is 2.22 bits per heavy atom. The van der Waals surface area contributed by atoms with Gasteiger partial charge in [-0.05, 0) is 43.9 Å². The van der Waals surface area contributed by atoms with E-state index >= 15 is 0 Å². The quantitative estimate of drug-likeness (QED) is 0.836. The lowest BCUT2D eigenvalue weighted by atomic mass is 9.75. The fourth-order valence-electron chi connectivity index (χ4n) is 3.67. The van der Waals surface area contributed by atoms with Crippen LogP contribution in [-0.2, 0) is 4.79 Å². The van der Waals surface area contributed by atoms with Crippen LogP contribution in [0.2, 0.25) is 0 Å². The molecule has 18 heavy (non-hydrogen) atoms. The van der Waals surface area contributed by atoms with E-state index < -0.39 is 0 Å². The van der Waals surface area contributed by atoms with Crippen molar-refractivity contribution in [1.29, 1.82) is 0 Å². The molecule has 0 amide bonds.